The summed E-state index contributed by atoms with van der Waals surface area (Å²) in [6.07, 6.45) is 0.986. The highest BCUT2D eigenvalue weighted by Gasteiger charge is 2.32. The molecular weight excluding hydrogens is 485 g/mol. The summed E-state index contributed by atoms with van der Waals surface area (Å²) in [5.41, 5.74) is 2.96. The first kappa shape index (κ1) is 23.1. The molecule has 0 aliphatic carbocycles. The van der Waals surface area contributed by atoms with Crippen molar-refractivity contribution in [3.63, 3.8) is 0 Å². The third-order valence-electron chi connectivity index (χ3n) is 4.91. The molecule has 33 heavy (non-hydrogen) atoms. The van der Waals surface area contributed by atoms with Crippen LogP contribution in [0.15, 0.2) is 77.9 Å². The number of halogens is 2. The average molecular weight is 504 g/mol. The molecule has 0 saturated heterocycles. The standard InChI is InChI=1S/C23H19Cl2N3O4S/c1-33(30,31)32-20-12-4-15(5-13-20)21-14-28(23(29)26-19-10-8-18(25)9-11-19)27-22(21)16-2-6-17(24)7-3-16/h2-13,21H,14H2,1H3,(H,26,29). The van der Waals surface area contributed by atoms with Crippen molar-refractivity contribution in [1.29, 1.82) is 0 Å². The molecule has 3 aromatic rings. The van der Waals surface area contributed by atoms with Crippen molar-refractivity contribution in [2.24, 2.45) is 5.10 Å². The Morgan fingerprint density at radius 1 is 0.970 bits per heavy atom. The van der Waals surface area contributed by atoms with E-state index in [9.17, 15) is 13.2 Å². The Balaban J connectivity index is 1.61. The summed E-state index contributed by atoms with van der Waals surface area (Å²) in [6.45, 7) is 0.295. The molecule has 0 bridgehead atoms. The summed E-state index contributed by atoms with van der Waals surface area (Å²) >= 11 is 11.9. The summed E-state index contributed by atoms with van der Waals surface area (Å²) in [5.74, 6) is -0.0315. The molecule has 1 unspecified atom stereocenters. The first-order valence-corrected chi connectivity index (χ1v) is 12.4. The first-order valence-electron chi connectivity index (χ1n) is 9.86. The average Bonchev–Trinajstić information content (AvgIpc) is 3.21. The van der Waals surface area contributed by atoms with Gasteiger partial charge in [-0.05, 0) is 59.7 Å². The number of amides is 2. The molecular formula is C23H19Cl2N3O4S. The number of carbonyl (C=O) groups excluding carboxylic acids is 1. The molecule has 170 valence electrons. The largest absolute Gasteiger partial charge is 0.383 e. The van der Waals surface area contributed by atoms with Crippen LogP contribution in [0.25, 0.3) is 0 Å². The van der Waals surface area contributed by atoms with Gasteiger partial charge < -0.3 is 9.50 Å². The maximum absolute atomic E-state index is 12.9. The highest BCUT2D eigenvalue weighted by molar-refractivity contribution is 7.86. The SMILES string of the molecule is CS(=O)(=O)Oc1ccc(C2CN(C(=O)Nc3ccc(Cl)cc3)N=C2c2ccc(Cl)cc2)cc1. The van der Waals surface area contributed by atoms with Crippen LogP contribution in [-0.2, 0) is 10.1 Å². The fraction of sp³-hybridized carbons (Fsp3) is 0.130. The van der Waals surface area contributed by atoms with Gasteiger partial charge in [0.2, 0.25) is 0 Å². The van der Waals surface area contributed by atoms with Crippen LogP contribution in [0, 0.1) is 0 Å². The second-order valence-electron chi connectivity index (χ2n) is 7.42. The summed E-state index contributed by atoms with van der Waals surface area (Å²) in [7, 11) is -3.63. The van der Waals surface area contributed by atoms with Crippen molar-refractivity contribution in [3.8, 4) is 5.75 Å². The highest BCUT2D eigenvalue weighted by Crippen LogP contribution is 2.31. The lowest BCUT2D eigenvalue weighted by atomic mass is 9.90. The zero-order valence-corrected chi connectivity index (χ0v) is 19.7. The second kappa shape index (κ2) is 9.43. The van der Waals surface area contributed by atoms with Gasteiger partial charge in [-0.2, -0.15) is 13.5 Å². The number of urea groups is 1. The molecule has 0 aromatic heterocycles. The molecule has 1 heterocycles. The van der Waals surface area contributed by atoms with E-state index in [4.69, 9.17) is 27.4 Å². The van der Waals surface area contributed by atoms with Crippen molar-refractivity contribution >= 4 is 50.8 Å². The van der Waals surface area contributed by atoms with Crippen LogP contribution in [0.3, 0.4) is 0 Å². The Labute approximate surface area is 201 Å². The van der Waals surface area contributed by atoms with Crippen molar-refractivity contribution in [2.45, 2.75) is 5.92 Å². The summed E-state index contributed by atoms with van der Waals surface area (Å²) in [6, 6.07) is 20.3. The van der Waals surface area contributed by atoms with E-state index < -0.39 is 10.1 Å². The van der Waals surface area contributed by atoms with Gasteiger partial charge in [0.1, 0.15) is 5.75 Å². The fourth-order valence-corrected chi connectivity index (χ4v) is 4.14. The molecule has 10 heteroatoms. The molecule has 0 saturated carbocycles. The maximum Gasteiger partial charge on any atom is 0.342 e. The molecule has 1 atom stereocenters. The van der Waals surface area contributed by atoms with Gasteiger partial charge in [0.05, 0.1) is 18.5 Å². The molecule has 7 nitrogen and oxygen atoms in total. The number of rotatable bonds is 5. The van der Waals surface area contributed by atoms with Gasteiger partial charge in [-0.1, -0.05) is 47.5 Å². The van der Waals surface area contributed by atoms with Crippen molar-refractivity contribution in [1.82, 2.24) is 5.01 Å². The van der Waals surface area contributed by atoms with E-state index in [1.165, 1.54) is 5.01 Å². The van der Waals surface area contributed by atoms with E-state index in [0.717, 1.165) is 17.4 Å². The number of nitrogens with zero attached hydrogens (tertiary/aromatic N) is 2. The van der Waals surface area contributed by atoms with Crippen LogP contribution >= 0.6 is 23.2 Å². The number of anilines is 1. The normalized spacial score (nSPS) is 15.8. The topological polar surface area (TPSA) is 88.1 Å². The van der Waals surface area contributed by atoms with E-state index >= 15 is 0 Å². The Bertz CT molecular complexity index is 1290. The molecule has 1 aliphatic rings. The number of hydrazone groups is 1. The van der Waals surface area contributed by atoms with Gasteiger partial charge in [-0.25, -0.2) is 9.80 Å². The number of hydrogen-bond acceptors (Lipinski definition) is 5. The molecule has 3 aromatic carbocycles. The number of benzene rings is 3. The minimum absolute atomic E-state index is 0.210. The van der Waals surface area contributed by atoms with Gasteiger partial charge >= 0.3 is 16.1 Å². The van der Waals surface area contributed by atoms with Crippen LogP contribution in [0.5, 0.6) is 5.75 Å². The number of carbonyl (C=O) groups is 1. The smallest absolute Gasteiger partial charge is 0.342 e. The van der Waals surface area contributed by atoms with Crippen LogP contribution in [-0.4, -0.2) is 38.0 Å². The lowest BCUT2D eigenvalue weighted by molar-refractivity contribution is 0.218. The predicted octanol–water partition coefficient (Wildman–Crippen LogP) is 5.37. The molecule has 0 radical (unpaired) electrons. The lowest BCUT2D eigenvalue weighted by Gasteiger charge is -2.16. The monoisotopic (exact) mass is 503 g/mol. The zero-order chi connectivity index (χ0) is 23.6. The van der Waals surface area contributed by atoms with E-state index in [0.29, 0.717) is 28.0 Å². The Morgan fingerprint density at radius 3 is 2.12 bits per heavy atom. The van der Waals surface area contributed by atoms with E-state index in [1.54, 1.807) is 60.7 Å². The van der Waals surface area contributed by atoms with Crippen LogP contribution < -0.4 is 9.50 Å². The molecule has 0 fully saturated rings. The molecule has 1 N–H and O–H groups in total. The Hall–Kier alpha value is -3.07. The Morgan fingerprint density at radius 2 is 1.55 bits per heavy atom. The summed E-state index contributed by atoms with van der Waals surface area (Å²) in [5, 5.41) is 9.92. The minimum Gasteiger partial charge on any atom is -0.383 e. The van der Waals surface area contributed by atoms with Crippen LogP contribution in [0.4, 0.5) is 10.5 Å². The van der Waals surface area contributed by atoms with Gasteiger partial charge in [-0.3, -0.25) is 0 Å². The van der Waals surface area contributed by atoms with Crippen molar-refractivity contribution < 1.29 is 17.4 Å². The van der Waals surface area contributed by atoms with Crippen LogP contribution in [0.1, 0.15) is 17.0 Å². The van der Waals surface area contributed by atoms with Gasteiger partial charge in [0, 0.05) is 21.7 Å². The quantitative estimate of drug-likeness (QED) is 0.474. The number of hydrogen-bond donors (Lipinski definition) is 1. The van der Waals surface area contributed by atoms with E-state index in [-0.39, 0.29) is 17.7 Å². The van der Waals surface area contributed by atoms with Gasteiger partial charge in [0.15, 0.2) is 0 Å². The fourth-order valence-electron chi connectivity index (χ4n) is 3.42. The minimum atomic E-state index is -3.63. The van der Waals surface area contributed by atoms with Crippen LogP contribution in [0.2, 0.25) is 10.0 Å². The molecule has 4 rings (SSSR count). The van der Waals surface area contributed by atoms with Gasteiger partial charge in [0.25, 0.3) is 0 Å². The lowest BCUT2D eigenvalue weighted by Crippen LogP contribution is -2.30. The van der Waals surface area contributed by atoms with Crippen molar-refractivity contribution in [3.05, 3.63) is 94.0 Å². The first-order chi connectivity index (χ1) is 15.7. The van der Waals surface area contributed by atoms with Gasteiger partial charge in [-0.15, -0.1) is 0 Å². The third-order valence-corrected chi connectivity index (χ3v) is 5.91. The van der Waals surface area contributed by atoms with E-state index in [1.807, 2.05) is 12.1 Å². The highest BCUT2D eigenvalue weighted by atomic mass is 35.5. The molecule has 0 spiro atoms. The maximum atomic E-state index is 12.9. The number of nitrogens with one attached hydrogen (secondary N) is 1. The van der Waals surface area contributed by atoms with E-state index in [2.05, 4.69) is 10.4 Å². The Kier molecular flexibility index (Phi) is 6.60. The predicted molar refractivity (Wildman–Crippen MR) is 130 cm³/mol. The summed E-state index contributed by atoms with van der Waals surface area (Å²) in [4.78, 5) is 12.9. The zero-order valence-electron chi connectivity index (χ0n) is 17.4. The molecule has 1 aliphatic heterocycles. The van der Waals surface area contributed by atoms with Crippen molar-refractivity contribution in [2.75, 3.05) is 18.1 Å². The third kappa shape index (κ3) is 5.84. The summed E-state index contributed by atoms with van der Waals surface area (Å²) < 4.78 is 27.7. The molecule has 2 amide bonds. The second-order valence-corrected chi connectivity index (χ2v) is 9.87.